The van der Waals surface area contributed by atoms with Crippen LogP contribution in [0.25, 0.3) is 11.0 Å². The van der Waals surface area contributed by atoms with Crippen LogP contribution < -0.4 is 0 Å². The van der Waals surface area contributed by atoms with E-state index in [1.165, 1.54) is 0 Å². The molecule has 0 spiro atoms. The Balaban J connectivity index is 2.23. The molecular weight excluding hydrogens is 234 g/mol. The quantitative estimate of drug-likeness (QED) is 0.648. The van der Waals surface area contributed by atoms with Crippen molar-refractivity contribution in [2.45, 2.75) is 19.3 Å². The molecule has 1 aromatic heterocycles. The maximum absolute atomic E-state index is 12.9. The van der Waals surface area contributed by atoms with Gasteiger partial charge in [0.1, 0.15) is 5.82 Å². The number of unbranched alkanes of at least 4 members (excludes halogenated alkanes) is 1. The Bertz CT molecular complexity index is 457. The van der Waals surface area contributed by atoms with Gasteiger partial charge in [0.2, 0.25) is 0 Å². The summed E-state index contributed by atoms with van der Waals surface area (Å²) in [7, 11) is 0. The molecule has 86 valence electrons. The Morgan fingerprint density at radius 3 is 2.69 bits per heavy atom. The number of alkyl halides is 1. The number of fused-ring (bicyclic) bond motifs is 1. The molecule has 0 saturated heterocycles. The molecule has 0 aliphatic carbocycles. The first kappa shape index (κ1) is 11.3. The molecule has 0 aliphatic heterocycles. The lowest BCUT2D eigenvalue weighted by atomic mass is 10.2. The van der Waals surface area contributed by atoms with Crippen molar-refractivity contribution in [3.63, 3.8) is 0 Å². The second-order valence-electron chi connectivity index (χ2n) is 3.61. The topological polar surface area (TPSA) is 28.7 Å². The van der Waals surface area contributed by atoms with Gasteiger partial charge in [0.15, 0.2) is 11.6 Å². The number of H-pyrrole nitrogens is 1. The average Bonchev–Trinajstić information content (AvgIpc) is 2.61. The SMILES string of the molecule is Fc1cc2nc(CCCCCl)[nH]c2cc1F. The van der Waals surface area contributed by atoms with E-state index in [0.717, 1.165) is 37.2 Å². The van der Waals surface area contributed by atoms with E-state index in [9.17, 15) is 8.78 Å². The zero-order chi connectivity index (χ0) is 11.5. The van der Waals surface area contributed by atoms with Crippen molar-refractivity contribution in [3.05, 3.63) is 29.6 Å². The van der Waals surface area contributed by atoms with E-state index in [4.69, 9.17) is 11.6 Å². The summed E-state index contributed by atoms with van der Waals surface area (Å²) in [5.74, 6) is -0.372. The van der Waals surface area contributed by atoms with Crippen molar-refractivity contribution in [1.82, 2.24) is 9.97 Å². The van der Waals surface area contributed by atoms with E-state index in [0.29, 0.717) is 16.9 Å². The van der Waals surface area contributed by atoms with Crippen molar-refractivity contribution in [1.29, 1.82) is 0 Å². The van der Waals surface area contributed by atoms with Gasteiger partial charge in [-0.25, -0.2) is 13.8 Å². The molecule has 2 nitrogen and oxygen atoms in total. The van der Waals surface area contributed by atoms with Crippen molar-refractivity contribution in [2.24, 2.45) is 0 Å². The van der Waals surface area contributed by atoms with Crippen LogP contribution in [-0.2, 0) is 6.42 Å². The zero-order valence-electron chi connectivity index (χ0n) is 8.56. The number of nitrogens with one attached hydrogen (secondary N) is 1. The van der Waals surface area contributed by atoms with Crippen LogP contribution >= 0.6 is 11.6 Å². The monoisotopic (exact) mass is 244 g/mol. The number of imidazole rings is 1. The lowest BCUT2D eigenvalue weighted by Gasteiger charge is -1.93. The highest BCUT2D eigenvalue weighted by molar-refractivity contribution is 6.17. The highest BCUT2D eigenvalue weighted by atomic mass is 35.5. The van der Waals surface area contributed by atoms with Gasteiger partial charge in [-0.3, -0.25) is 0 Å². The molecule has 0 bridgehead atoms. The van der Waals surface area contributed by atoms with Gasteiger partial charge < -0.3 is 4.98 Å². The van der Waals surface area contributed by atoms with Gasteiger partial charge >= 0.3 is 0 Å². The second-order valence-corrected chi connectivity index (χ2v) is 3.99. The highest BCUT2D eigenvalue weighted by Crippen LogP contribution is 2.17. The fourth-order valence-electron chi connectivity index (χ4n) is 1.56. The number of nitrogens with zero attached hydrogens (tertiary/aromatic N) is 1. The van der Waals surface area contributed by atoms with Crippen LogP contribution in [0.15, 0.2) is 12.1 Å². The van der Waals surface area contributed by atoms with Gasteiger partial charge in [0, 0.05) is 24.4 Å². The summed E-state index contributed by atoms with van der Waals surface area (Å²) in [4.78, 5) is 7.14. The van der Waals surface area contributed by atoms with Gasteiger partial charge in [-0.1, -0.05) is 0 Å². The molecule has 1 heterocycles. The van der Waals surface area contributed by atoms with Crippen molar-refractivity contribution < 1.29 is 8.78 Å². The van der Waals surface area contributed by atoms with E-state index in [-0.39, 0.29) is 0 Å². The van der Waals surface area contributed by atoms with Gasteiger partial charge in [0.05, 0.1) is 11.0 Å². The van der Waals surface area contributed by atoms with Gasteiger partial charge in [-0.15, -0.1) is 11.6 Å². The largest absolute Gasteiger partial charge is 0.342 e. The molecule has 2 aromatic rings. The summed E-state index contributed by atoms with van der Waals surface area (Å²) in [6.07, 6.45) is 2.56. The molecule has 0 unspecified atom stereocenters. The van der Waals surface area contributed by atoms with E-state index in [1.807, 2.05) is 0 Å². The minimum absolute atomic E-state index is 0.458. The molecule has 16 heavy (non-hydrogen) atoms. The molecular formula is C11H11ClF2N2. The van der Waals surface area contributed by atoms with Crippen LogP contribution in [0, 0.1) is 11.6 Å². The maximum atomic E-state index is 12.9. The molecule has 0 saturated carbocycles. The first-order valence-corrected chi connectivity index (χ1v) is 5.64. The van der Waals surface area contributed by atoms with E-state index in [1.54, 1.807) is 0 Å². The molecule has 0 fully saturated rings. The first-order valence-electron chi connectivity index (χ1n) is 5.10. The normalized spacial score (nSPS) is 11.2. The lowest BCUT2D eigenvalue weighted by molar-refractivity contribution is 0.510. The van der Waals surface area contributed by atoms with Crippen molar-refractivity contribution >= 4 is 22.6 Å². The van der Waals surface area contributed by atoms with Gasteiger partial charge in [-0.05, 0) is 12.8 Å². The molecule has 1 N–H and O–H groups in total. The van der Waals surface area contributed by atoms with Crippen LogP contribution in [0.3, 0.4) is 0 Å². The number of aryl methyl sites for hydroxylation is 1. The van der Waals surface area contributed by atoms with Crippen LogP contribution in [0.4, 0.5) is 8.78 Å². The molecule has 5 heteroatoms. The molecule has 0 atom stereocenters. The molecule has 0 radical (unpaired) electrons. The lowest BCUT2D eigenvalue weighted by Crippen LogP contribution is -1.88. The summed E-state index contributed by atoms with van der Waals surface area (Å²) in [5, 5.41) is 0. The Morgan fingerprint density at radius 2 is 1.94 bits per heavy atom. The summed E-state index contributed by atoms with van der Waals surface area (Å²) in [6.45, 7) is 0. The maximum Gasteiger partial charge on any atom is 0.161 e. The van der Waals surface area contributed by atoms with Crippen molar-refractivity contribution in [2.75, 3.05) is 5.88 Å². The van der Waals surface area contributed by atoms with E-state index in [2.05, 4.69) is 9.97 Å². The fraction of sp³-hybridized carbons (Fsp3) is 0.364. The summed E-state index contributed by atoms with van der Waals surface area (Å²) >= 11 is 5.56. The Hall–Kier alpha value is -1.16. The second kappa shape index (κ2) is 4.78. The van der Waals surface area contributed by atoms with Gasteiger partial charge in [0.25, 0.3) is 0 Å². The highest BCUT2D eigenvalue weighted by Gasteiger charge is 2.08. The third kappa shape index (κ3) is 2.32. The first-order chi connectivity index (χ1) is 7.70. The molecule has 0 amide bonds. The number of aromatic nitrogens is 2. The van der Waals surface area contributed by atoms with Crippen molar-refractivity contribution in [3.8, 4) is 0 Å². The minimum atomic E-state index is -0.869. The Labute approximate surface area is 96.6 Å². The molecule has 0 aliphatic rings. The Kier molecular flexibility index (Phi) is 3.39. The van der Waals surface area contributed by atoms with E-state index >= 15 is 0 Å². The average molecular weight is 245 g/mol. The third-order valence-electron chi connectivity index (χ3n) is 2.37. The number of halogens is 3. The smallest absolute Gasteiger partial charge is 0.161 e. The number of aromatic amines is 1. The predicted octanol–water partition coefficient (Wildman–Crippen LogP) is 3.40. The third-order valence-corrected chi connectivity index (χ3v) is 2.64. The number of hydrogen-bond donors (Lipinski definition) is 1. The Morgan fingerprint density at radius 1 is 1.19 bits per heavy atom. The number of benzene rings is 1. The summed E-state index contributed by atoms with van der Waals surface area (Å²) in [5.41, 5.74) is 0.986. The van der Waals surface area contributed by atoms with Gasteiger partial charge in [-0.2, -0.15) is 0 Å². The number of hydrogen-bond acceptors (Lipinski definition) is 1. The zero-order valence-corrected chi connectivity index (χ0v) is 9.32. The van der Waals surface area contributed by atoms with Crippen LogP contribution in [0.1, 0.15) is 18.7 Å². The predicted molar refractivity (Wildman–Crippen MR) is 59.7 cm³/mol. The summed E-state index contributed by atoms with van der Waals surface area (Å²) in [6, 6.07) is 2.23. The standard InChI is InChI=1S/C11H11ClF2N2/c12-4-2-1-3-11-15-9-5-7(13)8(14)6-10(9)16-11/h5-6H,1-4H2,(H,15,16). The molecule has 1 aromatic carbocycles. The fourth-order valence-corrected chi connectivity index (χ4v) is 1.75. The minimum Gasteiger partial charge on any atom is -0.342 e. The van der Waals surface area contributed by atoms with E-state index < -0.39 is 11.6 Å². The van der Waals surface area contributed by atoms with Crippen LogP contribution in [0.5, 0.6) is 0 Å². The van der Waals surface area contributed by atoms with Crippen LogP contribution in [0.2, 0.25) is 0 Å². The number of rotatable bonds is 4. The summed E-state index contributed by atoms with van der Waals surface area (Å²) < 4.78 is 25.8. The van der Waals surface area contributed by atoms with Crippen LogP contribution in [-0.4, -0.2) is 15.8 Å². The molecule has 2 rings (SSSR count).